The number of nitrogens with zero attached hydrogens (tertiary/aromatic N) is 2. The van der Waals surface area contributed by atoms with Crippen molar-refractivity contribution in [2.75, 3.05) is 5.73 Å². The van der Waals surface area contributed by atoms with Gasteiger partial charge >= 0.3 is 0 Å². The molecule has 0 saturated heterocycles. The van der Waals surface area contributed by atoms with Gasteiger partial charge in [-0.1, -0.05) is 24.2 Å². The predicted molar refractivity (Wildman–Crippen MR) is 76.8 cm³/mol. The summed E-state index contributed by atoms with van der Waals surface area (Å²) in [5.41, 5.74) is 7.35. The number of hydrogen-bond donors (Lipinski definition) is 1. The maximum Gasteiger partial charge on any atom is 0.268 e. The Labute approximate surface area is 114 Å². The predicted octanol–water partition coefficient (Wildman–Crippen LogP) is 3.61. The summed E-state index contributed by atoms with van der Waals surface area (Å²) >= 11 is 1.67. The van der Waals surface area contributed by atoms with E-state index in [2.05, 4.69) is 23.1 Å². The molecule has 3 rings (SSSR count). The zero-order valence-electron chi connectivity index (χ0n) is 10.5. The molecule has 0 aliphatic carbocycles. The molecular weight excluding hydrogens is 258 g/mol. The molecular formula is C14H13N3OS. The van der Waals surface area contributed by atoms with E-state index in [0.29, 0.717) is 17.4 Å². The number of thiophene rings is 1. The van der Waals surface area contributed by atoms with Gasteiger partial charge in [0.15, 0.2) is 0 Å². The van der Waals surface area contributed by atoms with E-state index in [1.54, 1.807) is 11.3 Å². The third-order valence-corrected chi connectivity index (χ3v) is 4.07. The second kappa shape index (κ2) is 4.85. The maximum atomic E-state index is 5.91. The first-order valence-corrected chi connectivity index (χ1v) is 6.87. The molecule has 2 heterocycles. The normalized spacial score (nSPS) is 10.8. The molecule has 19 heavy (non-hydrogen) atoms. The molecule has 3 aromatic rings. The van der Waals surface area contributed by atoms with Gasteiger partial charge in [-0.15, -0.1) is 11.3 Å². The van der Waals surface area contributed by atoms with E-state index in [1.165, 1.54) is 4.88 Å². The molecule has 0 atom stereocenters. The topological polar surface area (TPSA) is 64.9 Å². The third-order valence-electron chi connectivity index (χ3n) is 2.85. The highest BCUT2D eigenvalue weighted by Crippen LogP contribution is 2.30. The Hall–Kier alpha value is -2.14. The van der Waals surface area contributed by atoms with E-state index in [0.717, 1.165) is 16.9 Å². The Kier molecular flexibility index (Phi) is 3.05. The van der Waals surface area contributed by atoms with Gasteiger partial charge in [0.1, 0.15) is 0 Å². The third kappa shape index (κ3) is 2.24. The number of nitrogen functional groups attached to an aromatic ring is 1. The fourth-order valence-corrected chi connectivity index (χ4v) is 2.69. The second-order valence-corrected chi connectivity index (χ2v) is 5.30. The molecule has 0 fully saturated rings. The first kappa shape index (κ1) is 11.9. The van der Waals surface area contributed by atoms with Crippen molar-refractivity contribution in [3.8, 4) is 22.2 Å². The SMILES string of the molecule is CCc1ccc(-c2nc(-c3ccccc3N)no2)s1. The van der Waals surface area contributed by atoms with E-state index in [4.69, 9.17) is 10.3 Å². The van der Waals surface area contributed by atoms with Crippen LogP contribution in [0.5, 0.6) is 0 Å². The van der Waals surface area contributed by atoms with Crippen LogP contribution in [0.2, 0.25) is 0 Å². The highest BCUT2D eigenvalue weighted by atomic mass is 32.1. The van der Waals surface area contributed by atoms with Crippen molar-refractivity contribution >= 4 is 17.0 Å². The zero-order valence-corrected chi connectivity index (χ0v) is 11.3. The maximum absolute atomic E-state index is 5.91. The van der Waals surface area contributed by atoms with Crippen LogP contribution < -0.4 is 5.73 Å². The lowest BCUT2D eigenvalue weighted by Crippen LogP contribution is -1.90. The fraction of sp³-hybridized carbons (Fsp3) is 0.143. The van der Waals surface area contributed by atoms with E-state index in [9.17, 15) is 0 Å². The number of aromatic nitrogens is 2. The molecule has 0 spiro atoms. The molecule has 0 aliphatic rings. The molecule has 1 aromatic carbocycles. The summed E-state index contributed by atoms with van der Waals surface area (Å²) < 4.78 is 5.31. The number of benzene rings is 1. The van der Waals surface area contributed by atoms with Crippen LogP contribution >= 0.6 is 11.3 Å². The molecule has 5 heteroatoms. The zero-order chi connectivity index (χ0) is 13.2. The van der Waals surface area contributed by atoms with Gasteiger partial charge in [0.25, 0.3) is 5.89 Å². The first-order chi connectivity index (χ1) is 9.28. The van der Waals surface area contributed by atoms with Crippen LogP contribution in [-0.2, 0) is 6.42 Å². The lowest BCUT2D eigenvalue weighted by molar-refractivity contribution is 0.433. The highest BCUT2D eigenvalue weighted by Gasteiger charge is 2.13. The van der Waals surface area contributed by atoms with Gasteiger partial charge in [-0.05, 0) is 30.7 Å². The quantitative estimate of drug-likeness (QED) is 0.739. The van der Waals surface area contributed by atoms with Gasteiger partial charge < -0.3 is 10.3 Å². The highest BCUT2D eigenvalue weighted by molar-refractivity contribution is 7.15. The van der Waals surface area contributed by atoms with Crippen LogP contribution in [0, 0.1) is 0 Å². The van der Waals surface area contributed by atoms with Crippen molar-refractivity contribution in [2.24, 2.45) is 0 Å². The van der Waals surface area contributed by atoms with E-state index in [1.807, 2.05) is 30.3 Å². The number of anilines is 1. The van der Waals surface area contributed by atoms with Crippen LogP contribution in [0.4, 0.5) is 5.69 Å². The van der Waals surface area contributed by atoms with Gasteiger partial charge in [-0.3, -0.25) is 0 Å². The van der Waals surface area contributed by atoms with Crippen molar-refractivity contribution in [1.82, 2.24) is 10.1 Å². The minimum Gasteiger partial charge on any atom is -0.398 e. The minimum absolute atomic E-state index is 0.527. The number of hydrogen-bond acceptors (Lipinski definition) is 5. The molecule has 0 unspecified atom stereocenters. The summed E-state index contributed by atoms with van der Waals surface area (Å²) in [4.78, 5) is 6.70. The smallest absolute Gasteiger partial charge is 0.268 e. The monoisotopic (exact) mass is 271 g/mol. The van der Waals surface area contributed by atoms with Crippen LogP contribution in [0.3, 0.4) is 0 Å². The Bertz CT molecular complexity index is 702. The fourth-order valence-electron chi connectivity index (χ4n) is 1.82. The van der Waals surface area contributed by atoms with Crippen LogP contribution in [0.1, 0.15) is 11.8 Å². The number of para-hydroxylation sites is 1. The van der Waals surface area contributed by atoms with E-state index >= 15 is 0 Å². The van der Waals surface area contributed by atoms with Gasteiger partial charge in [0, 0.05) is 16.1 Å². The molecule has 2 aromatic heterocycles. The number of nitrogens with two attached hydrogens (primary N) is 1. The summed E-state index contributed by atoms with van der Waals surface area (Å²) in [7, 11) is 0. The molecule has 96 valence electrons. The lowest BCUT2D eigenvalue weighted by Gasteiger charge is -1.97. The van der Waals surface area contributed by atoms with Crippen molar-refractivity contribution in [3.05, 3.63) is 41.3 Å². The lowest BCUT2D eigenvalue weighted by atomic mass is 10.2. The number of aryl methyl sites for hydroxylation is 1. The summed E-state index contributed by atoms with van der Waals surface area (Å²) in [5.74, 6) is 1.07. The van der Waals surface area contributed by atoms with Crippen molar-refractivity contribution in [1.29, 1.82) is 0 Å². The molecule has 0 amide bonds. The number of rotatable bonds is 3. The average Bonchev–Trinajstić information content (AvgIpc) is 3.08. The Morgan fingerprint density at radius 2 is 2.05 bits per heavy atom. The summed E-state index contributed by atoms with van der Waals surface area (Å²) in [6.45, 7) is 2.12. The molecule has 0 radical (unpaired) electrons. The minimum atomic E-state index is 0.527. The van der Waals surface area contributed by atoms with E-state index < -0.39 is 0 Å². The molecule has 2 N–H and O–H groups in total. The summed E-state index contributed by atoms with van der Waals surface area (Å²) in [5, 5.41) is 4.00. The molecule has 0 bridgehead atoms. The summed E-state index contributed by atoms with van der Waals surface area (Å²) in [6, 6.07) is 11.6. The van der Waals surface area contributed by atoms with Crippen molar-refractivity contribution in [3.63, 3.8) is 0 Å². The van der Waals surface area contributed by atoms with Crippen LogP contribution in [0.15, 0.2) is 40.9 Å². The van der Waals surface area contributed by atoms with Gasteiger partial charge in [-0.2, -0.15) is 4.98 Å². The molecule has 4 nitrogen and oxygen atoms in total. The van der Waals surface area contributed by atoms with E-state index in [-0.39, 0.29) is 0 Å². The van der Waals surface area contributed by atoms with Crippen LogP contribution in [-0.4, -0.2) is 10.1 Å². The Morgan fingerprint density at radius 1 is 1.21 bits per heavy atom. The molecule has 0 saturated carbocycles. The second-order valence-electron chi connectivity index (χ2n) is 4.13. The van der Waals surface area contributed by atoms with Crippen molar-refractivity contribution in [2.45, 2.75) is 13.3 Å². The summed E-state index contributed by atoms with van der Waals surface area (Å²) in [6.07, 6.45) is 1.01. The molecule has 0 aliphatic heterocycles. The van der Waals surface area contributed by atoms with Crippen LogP contribution in [0.25, 0.3) is 22.2 Å². The van der Waals surface area contributed by atoms with Crippen molar-refractivity contribution < 1.29 is 4.52 Å². The van der Waals surface area contributed by atoms with Gasteiger partial charge in [0.05, 0.1) is 4.88 Å². The van der Waals surface area contributed by atoms with Gasteiger partial charge in [-0.25, -0.2) is 0 Å². The average molecular weight is 271 g/mol. The van der Waals surface area contributed by atoms with Gasteiger partial charge in [0.2, 0.25) is 5.82 Å². The standard InChI is InChI=1S/C14H13N3OS/c1-2-9-7-8-12(19-9)14-16-13(17-18-14)10-5-3-4-6-11(10)15/h3-8H,2,15H2,1H3. The Morgan fingerprint density at radius 3 is 2.79 bits per heavy atom. The largest absolute Gasteiger partial charge is 0.398 e. The first-order valence-electron chi connectivity index (χ1n) is 6.05. The Balaban J connectivity index is 1.97.